The van der Waals surface area contributed by atoms with Crippen molar-refractivity contribution in [2.45, 2.75) is 51.2 Å². The molecule has 0 saturated heterocycles. The standard InChI is InChI=1S/C14H20FNO/c1-10(16)13-8-7-12(9-14(13)15)17-11-5-3-2-4-6-11/h7-11H,2-6,16H2,1H3/t10-/m0/s1. The smallest absolute Gasteiger partial charge is 0.131 e. The van der Waals surface area contributed by atoms with Crippen molar-refractivity contribution in [3.05, 3.63) is 29.6 Å². The van der Waals surface area contributed by atoms with Gasteiger partial charge in [-0.25, -0.2) is 4.39 Å². The van der Waals surface area contributed by atoms with E-state index in [-0.39, 0.29) is 18.0 Å². The Morgan fingerprint density at radius 3 is 2.59 bits per heavy atom. The van der Waals surface area contributed by atoms with Crippen LogP contribution in [0.3, 0.4) is 0 Å². The Morgan fingerprint density at radius 2 is 2.00 bits per heavy atom. The Kier molecular flexibility index (Phi) is 4.00. The van der Waals surface area contributed by atoms with Gasteiger partial charge in [0.25, 0.3) is 0 Å². The molecule has 2 N–H and O–H groups in total. The zero-order valence-electron chi connectivity index (χ0n) is 10.3. The summed E-state index contributed by atoms with van der Waals surface area (Å²) in [4.78, 5) is 0. The molecule has 0 aliphatic heterocycles. The summed E-state index contributed by atoms with van der Waals surface area (Å²) in [5, 5.41) is 0. The third kappa shape index (κ3) is 3.19. The second-order valence-corrected chi connectivity index (χ2v) is 4.85. The highest BCUT2D eigenvalue weighted by molar-refractivity contribution is 5.30. The van der Waals surface area contributed by atoms with Gasteiger partial charge in [-0.05, 0) is 38.7 Å². The van der Waals surface area contributed by atoms with Gasteiger partial charge in [0.15, 0.2) is 0 Å². The van der Waals surface area contributed by atoms with E-state index in [1.807, 2.05) is 6.07 Å². The molecule has 1 saturated carbocycles. The number of hydrogen-bond donors (Lipinski definition) is 1. The fraction of sp³-hybridized carbons (Fsp3) is 0.571. The van der Waals surface area contributed by atoms with E-state index >= 15 is 0 Å². The van der Waals surface area contributed by atoms with Gasteiger partial charge in [0.2, 0.25) is 0 Å². The normalized spacial score (nSPS) is 19.0. The Morgan fingerprint density at radius 1 is 1.29 bits per heavy atom. The lowest BCUT2D eigenvalue weighted by Crippen LogP contribution is -2.19. The van der Waals surface area contributed by atoms with Crippen LogP contribution in [0.15, 0.2) is 18.2 Å². The van der Waals surface area contributed by atoms with E-state index in [2.05, 4.69) is 0 Å². The molecule has 1 aliphatic carbocycles. The van der Waals surface area contributed by atoms with E-state index in [1.54, 1.807) is 13.0 Å². The van der Waals surface area contributed by atoms with Gasteiger partial charge in [-0.1, -0.05) is 12.5 Å². The second-order valence-electron chi connectivity index (χ2n) is 4.85. The van der Waals surface area contributed by atoms with Crippen molar-refractivity contribution in [2.24, 2.45) is 5.73 Å². The van der Waals surface area contributed by atoms with Crippen molar-refractivity contribution in [2.75, 3.05) is 0 Å². The van der Waals surface area contributed by atoms with Crippen LogP contribution in [0.2, 0.25) is 0 Å². The van der Waals surface area contributed by atoms with Crippen LogP contribution in [0.25, 0.3) is 0 Å². The fourth-order valence-electron chi connectivity index (χ4n) is 2.33. The first-order valence-corrected chi connectivity index (χ1v) is 6.38. The summed E-state index contributed by atoms with van der Waals surface area (Å²) >= 11 is 0. The van der Waals surface area contributed by atoms with E-state index in [9.17, 15) is 4.39 Å². The van der Waals surface area contributed by atoms with Crippen molar-refractivity contribution in [1.29, 1.82) is 0 Å². The number of ether oxygens (including phenoxy) is 1. The molecule has 3 heteroatoms. The van der Waals surface area contributed by atoms with Gasteiger partial charge in [-0.2, -0.15) is 0 Å². The maximum atomic E-state index is 13.7. The summed E-state index contributed by atoms with van der Waals surface area (Å²) in [5.41, 5.74) is 6.21. The minimum atomic E-state index is -0.279. The van der Waals surface area contributed by atoms with Crippen LogP contribution in [0.5, 0.6) is 5.75 Å². The topological polar surface area (TPSA) is 35.2 Å². The lowest BCUT2D eigenvalue weighted by molar-refractivity contribution is 0.154. The SMILES string of the molecule is C[C@H](N)c1ccc(OC2CCCCC2)cc1F. The van der Waals surface area contributed by atoms with Crippen molar-refractivity contribution in [1.82, 2.24) is 0 Å². The number of nitrogens with two attached hydrogens (primary N) is 1. The molecule has 0 heterocycles. The van der Waals surface area contributed by atoms with Gasteiger partial charge in [0.1, 0.15) is 11.6 Å². The lowest BCUT2D eigenvalue weighted by Gasteiger charge is -2.23. The summed E-state index contributed by atoms with van der Waals surface area (Å²) in [5.74, 6) is 0.354. The van der Waals surface area contributed by atoms with Crippen LogP contribution in [-0.2, 0) is 0 Å². The average Bonchev–Trinajstić information content (AvgIpc) is 2.30. The molecular formula is C14H20FNO. The van der Waals surface area contributed by atoms with Gasteiger partial charge in [-0.15, -0.1) is 0 Å². The second kappa shape index (κ2) is 5.50. The highest BCUT2D eigenvalue weighted by atomic mass is 19.1. The molecule has 2 nitrogen and oxygen atoms in total. The first-order chi connectivity index (χ1) is 8.16. The van der Waals surface area contributed by atoms with Crippen molar-refractivity contribution in [3.8, 4) is 5.75 Å². The van der Waals surface area contributed by atoms with Crippen LogP contribution >= 0.6 is 0 Å². The molecule has 1 fully saturated rings. The molecule has 0 bridgehead atoms. The first-order valence-electron chi connectivity index (χ1n) is 6.38. The summed E-state index contributed by atoms with van der Waals surface area (Å²) in [7, 11) is 0. The quantitative estimate of drug-likeness (QED) is 0.872. The summed E-state index contributed by atoms with van der Waals surface area (Å²) in [6.07, 6.45) is 6.13. The maximum absolute atomic E-state index is 13.7. The highest BCUT2D eigenvalue weighted by Crippen LogP contribution is 2.25. The minimum Gasteiger partial charge on any atom is -0.490 e. The molecule has 0 aromatic heterocycles. The predicted molar refractivity (Wildman–Crippen MR) is 66.5 cm³/mol. The Balaban J connectivity index is 2.04. The molecule has 1 aromatic rings. The van der Waals surface area contributed by atoms with Crippen molar-refractivity contribution in [3.63, 3.8) is 0 Å². The summed E-state index contributed by atoms with van der Waals surface area (Å²) < 4.78 is 19.5. The largest absolute Gasteiger partial charge is 0.490 e. The van der Waals surface area contributed by atoms with Crippen LogP contribution < -0.4 is 10.5 Å². The molecule has 0 radical (unpaired) electrons. The maximum Gasteiger partial charge on any atom is 0.131 e. The monoisotopic (exact) mass is 237 g/mol. The van der Waals surface area contributed by atoms with Crippen molar-refractivity contribution < 1.29 is 9.13 Å². The molecule has 1 atom stereocenters. The summed E-state index contributed by atoms with van der Waals surface area (Å²) in [6.45, 7) is 1.78. The van der Waals surface area contributed by atoms with Gasteiger partial charge >= 0.3 is 0 Å². The van der Waals surface area contributed by atoms with Crippen LogP contribution in [0.4, 0.5) is 4.39 Å². The number of benzene rings is 1. The summed E-state index contributed by atoms with van der Waals surface area (Å²) in [6, 6.07) is 4.71. The molecule has 2 rings (SSSR count). The molecule has 0 spiro atoms. The zero-order chi connectivity index (χ0) is 12.3. The highest BCUT2D eigenvalue weighted by Gasteiger charge is 2.16. The molecule has 0 unspecified atom stereocenters. The minimum absolute atomic E-state index is 0.254. The average molecular weight is 237 g/mol. The van der Waals surface area contributed by atoms with Crippen LogP contribution in [0, 0.1) is 5.82 Å². The predicted octanol–water partition coefficient (Wildman–Crippen LogP) is 3.56. The third-order valence-corrected chi connectivity index (χ3v) is 3.32. The van der Waals surface area contributed by atoms with Gasteiger partial charge in [0, 0.05) is 17.7 Å². The third-order valence-electron chi connectivity index (χ3n) is 3.32. The zero-order valence-corrected chi connectivity index (χ0v) is 10.3. The van der Waals surface area contributed by atoms with Crippen LogP contribution in [0.1, 0.15) is 50.6 Å². The van der Waals surface area contributed by atoms with E-state index in [4.69, 9.17) is 10.5 Å². The molecule has 1 aromatic carbocycles. The van der Waals surface area contributed by atoms with Gasteiger partial charge in [-0.3, -0.25) is 0 Å². The van der Waals surface area contributed by atoms with Crippen molar-refractivity contribution >= 4 is 0 Å². The number of rotatable bonds is 3. The molecule has 1 aliphatic rings. The van der Waals surface area contributed by atoms with Gasteiger partial charge in [0.05, 0.1) is 6.10 Å². The van der Waals surface area contributed by atoms with Crippen LogP contribution in [-0.4, -0.2) is 6.10 Å². The Labute approximate surface area is 102 Å². The first kappa shape index (κ1) is 12.4. The Hall–Kier alpha value is -1.09. The lowest BCUT2D eigenvalue weighted by atomic mass is 9.98. The molecule has 0 amide bonds. The van der Waals surface area contributed by atoms with E-state index < -0.39 is 0 Å². The molecular weight excluding hydrogens is 217 g/mol. The molecule has 17 heavy (non-hydrogen) atoms. The van der Waals surface area contributed by atoms with E-state index in [0.29, 0.717) is 11.3 Å². The fourth-order valence-corrected chi connectivity index (χ4v) is 2.33. The van der Waals surface area contributed by atoms with E-state index in [1.165, 1.54) is 25.3 Å². The van der Waals surface area contributed by atoms with E-state index in [0.717, 1.165) is 12.8 Å². The Bertz CT molecular complexity index is 372. The molecule has 94 valence electrons. The number of hydrogen-bond acceptors (Lipinski definition) is 2. The van der Waals surface area contributed by atoms with Gasteiger partial charge < -0.3 is 10.5 Å². The number of halogens is 1.